The highest BCUT2D eigenvalue weighted by Crippen LogP contribution is 2.48. The molecule has 1 aliphatic rings. The van der Waals surface area contributed by atoms with Gasteiger partial charge >= 0.3 is 0 Å². The summed E-state index contributed by atoms with van der Waals surface area (Å²) in [4.78, 5) is 0. The van der Waals surface area contributed by atoms with Crippen LogP contribution in [0.3, 0.4) is 0 Å². The Morgan fingerprint density at radius 2 is 1.39 bits per heavy atom. The molecule has 0 saturated carbocycles. The van der Waals surface area contributed by atoms with Crippen LogP contribution in [0.15, 0.2) is 48.5 Å². The Balaban J connectivity index is 2.28. The average molecular weight is 238 g/mol. The first-order valence-corrected chi connectivity index (χ1v) is 5.78. The summed E-state index contributed by atoms with van der Waals surface area (Å²) in [5.74, 6) is -1.55. The standard InChI is InChI=1S/C16H8F2/c17-13-8-7-11-10-5-1-3-9-4-2-6-12(14(9)10)15(11)16(13)18/h1-8H. The monoisotopic (exact) mass is 238 g/mol. The molecule has 4 rings (SSSR count). The molecule has 0 amide bonds. The second-order valence-corrected chi connectivity index (χ2v) is 4.49. The van der Waals surface area contributed by atoms with Gasteiger partial charge in [0.25, 0.3) is 0 Å². The maximum atomic E-state index is 14.0. The minimum atomic E-state index is -0.793. The van der Waals surface area contributed by atoms with Gasteiger partial charge in [-0.3, -0.25) is 0 Å². The zero-order chi connectivity index (χ0) is 12.3. The molecule has 0 heterocycles. The Labute approximate surface area is 102 Å². The smallest absolute Gasteiger partial charge is 0.167 e. The minimum absolute atomic E-state index is 0.391. The van der Waals surface area contributed by atoms with Gasteiger partial charge in [-0.25, -0.2) is 8.78 Å². The van der Waals surface area contributed by atoms with Crippen molar-refractivity contribution in [2.75, 3.05) is 0 Å². The molecular formula is C16H8F2. The Morgan fingerprint density at radius 1 is 0.667 bits per heavy atom. The van der Waals surface area contributed by atoms with Gasteiger partial charge in [0.05, 0.1) is 0 Å². The maximum absolute atomic E-state index is 14.0. The molecule has 2 heteroatoms. The zero-order valence-corrected chi connectivity index (χ0v) is 9.37. The Kier molecular flexibility index (Phi) is 1.72. The lowest BCUT2D eigenvalue weighted by Gasteiger charge is -2.03. The molecule has 3 aromatic carbocycles. The fourth-order valence-corrected chi connectivity index (χ4v) is 2.81. The van der Waals surface area contributed by atoms with Gasteiger partial charge in [-0.1, -0.05) is 42.5 Å². The minimum Gasteiger partial charge on any atom is -0.204 e. The van der Waals surface area contributed by atoms with E-state index in [0.717, 1.165) is 27.5 Å². The van der Waals surface area contributed by atoms with Gasteiger partial charge in [0, 0.05) is 5.56 Å². The van der Waals surface area contributed by atoms with Crippen molar-refractivity contribution >= 4 is 10.8 Å². The fourth-order valence-electron chi connectivity index (χ4n) is 2.81. The Bertz CT molecular complexity index is 798. The van der Waals surface area contributed by atoms with Gasteiger partial charge in [0.1, 0.15) is 0 Å². The van der Waals surface area contributed by atoms with Crippen molar-refractivity contribution in [2.45, 2.75) is 0 Å². The van der Waals surface area contributed by atoms with Gasteiger partial charge in [0.15, 0.2) is 11.6 Å². The lowest BCUT2D eigenvalue weighted by molar-refractivity contribution is 0.512. The van der Waals surface area contributed by atoms with Gasteiger partial charge in [-0.05, 0) is 33.5 Å². The van der Waals surface area contributed by atoms with E-state index in [4.69, 9.17) is 0 Å². The van der Waals surface area contributed by atoms with E-state index in [1.54, 1.807) is 6.07 Å². The highest BCUT2D eigenvalue weighted by atomic mass is 19.2. The van der Waals surface area contributed by atoms with Crippen molar-refractivity contribution in [1.29, 1.82) is 0 Å². The summed E-state index contributed by atoms with van der Waals surface area (Å²) in [6.07, 6.45) is 0. The summed E-state index contributed by atoms with van der Waals surface area (Å²) in [5.41, 5.74) is 2.94. The molecule has 0 radical (unpaired) electrons. The molecule has 1 aliphatic carbocycles. The number of hydrogen-bond donors (Lipinski definition) is 0. The molecule has 0 fully saturated rings. The molecule has 18 heavy (non-hydrogen) atoms. The SMILES string of the molecule is Fc1ccc2c(c1F)-c1cccc3cccc-2c13. The first kappa shape index (κ1) is 9.77. The Morgan fingerprint density at radius 3 is 2.17 bits per heavy atom. The van der Waals surface area contributed by atoms with E-state index in [9.17, 15) is 8.78 Å². The summed E-state index contributed by atoms with van der Waals surface area (Å²) in [7, 11) is 0. The number of benzene rings is 3. The Hall–Kier alpha value is -2.22. The molecule has 0 spiro atoms. The van der Waals surface area contributed by atoms with Crippen molar-refractivity contribution in [3.05, 3.63) is 60.2 Å². The number of halogens is 2. The molecule has 0 N–H and O–H groups in total. The van der Waals surface area contributed by atoms with Crippen LogP contribution in [0, 0.1) is 11.6 Å². The van der Waals surface area contributed by atoms with E-state index < -0.39 is 11.6 Å². The topological polar surface area (TPSA) is 0 Å². The molecule has 3 aromatic rings. The van der Waals surface area contributed by atoms with E-state index in [-0.39, 0.29) is 0 Å². The predicted molar refractivity (Wildman–Crippen MR) is 68.3 cm³/mol. The average Bonchev–Trinajstić information content (AvgIpc) is 2.72. The van der Waals surface area contributed by atoms with Crippen molar-refractivity contribution in [3.63, 3.8) is 0 Å². The molecule has 0 atom stereocenters. The second kappa shape index (κ2) is 3.16. The maximum Gasteiger partial charge on any atom is 0.167 e. The second-order valence-electron chi connectivity index (χ2n) is 4.49. The molecule has 0 aromatic heterocycles. The quantitative estimate of drug-likeness (QED) is 0.414. The van der Waals surface area contributed by atoms with E-state index in [1.165, 1.54) is 6.07 Å². The largest absolute Gasteiger partial charge is 0.204 e. The number of fused-ring (bicyclic) bond motifs is 3. The molecule has 86 valence electrons. The number of hydrogen-bond acceptors (Lipinski definition) is 0. The van der Waals surface area contributed by atoms with Crippen LogP contribution in [0.1, 0.15) is 0 Å². The van der Waals surface area contributed by atoms with Gasteiger partial charge in [-0.15, -0.1) is 0 Å². The van der Waals surface area contributed by atoms with E-state index >= 15 is 0 Å². The lowest BCUT2D eigenvalue weighted by atomic mass is 10.0. The van der Waals surface area contributed by atoms with Crippen molar-refractivity contribution < 1.29 is 8.78 Å². The van der Waals surface area contributed by atoms with E-state index in [2.05, 4.69) is 0 Å². The van der Waals surface area contributed by atoms with Crippen LogP contribution in [0.25, 0.3) is 33.0 Å². The molecule has 0 aliphatic heterocycles. The lowest BCUT2D eigenvalue weighted by Crippen LogP contribution is -1.88. The van der Waals surface area contributed by atoms with Crippen LogP contribution < -0.4 is 0 Å². The summed E-state index contributed by atoms with van der Waals surface area (Å²) >= 11 is 0. The number of rotatable bonds is 0. The summed E-state index contributed by atoms with van der Waals surface area (Å²) in [5, 5.41) is 2.07. The van der Waals surface area contributed by atoms with Crippen LogP contribution in [-0.2, 0) is 0 Å². The van der Waals surface area contributed by atoms with Crippen molar-refractivity contribution in [3.8, 4) is 22.3 Å². The first-order chi connectivity index (χ1) is 8.77. The van der Waals surface area contributed by atoms with Crippen LogP contribution >= 0.6 is 0 Å². The van der Waals surface area contributed by atoms with Crippen LogP contribution in [0.2, 0.25) is 0 Å². The highest BCUT2D eigenvalue weighted by molar-refractivity contribution is 6.15. The molecular weight excluding hydrogens is 230 g/mol. The van der Waals surface area contributed by atoms with Crippen molar-refractivity contribution in [1.82, 2.24) is 0 Å². The third kappa shape index (κ3) is 1.03. The van der Waals surface area contributed by atoms with E-state index in [0.29, 0.717) is 5.56 Å². The third-order valence-corrected chi connectivity index (χ3v) is 3.56. The van der Waals surface area contributed by atoms with Gasteiger partial charge < -0.3 is 0 Å². The summed E-state index contributed by atoms with van der Waals surface area (Å²) in [6, 6.07) is 14.4. The van der Waals surface area contributed by atoms with E-state index in [1.807, 2.05) is 36.4 Å². The normalized spacial score (nSPS) is 11.9. The molecule has 0 unspecified atom stereocenters. The highest BCUT2D eigenvalue weighted by Gasteiger charge is 2.25. The first-order valence-electron chi connectivity index (χ1n) is 5.78. The molecule has 0 bridgehead atoms. The predicted octanol–water partition coefficient (Wildman–Crippen LogP) is 4.77. The molecule has 0 nitrogen and oxygen atoms in total. The summed E-state index contributed by atoms with van der Waals surface area (Å²) in [6.45, 7) is 0. The van der Waals surface area contributed by atoms with Crippen LogP contribution in [-0.4, -0.2) is 0 Å². The third-order valence-electron chi connectivity index (χ3n) is 3.56. The van der Waals surface area contributed by atoms with Gasteiger partial charge in [0.2, 0.25) is 0 Å². The zero-order valence-electron chi connectivity index (χ0n) is 9.37. The van der Waals surface area contributed by atoms with Crippen LogP contribution in [0.5, 0.6) is 0 Å². The summed E-state index contributed by atoms with van der Waals surface area (Å²) < 4.78 is 27.4. The molecule has 0 saturated heterocycles. The van der Waals surface area contributed by atoms with Gasteiger partial charge in [-0.2, -0.15) is 0 Å². The fraction of sp³-hybridized carbons (Fsp3) is 0. The van der Waals surface area contributed by atoms with Crippen LogP contribution in [0.4, 0.5) is 8.78 Å². The van der Waals surface area contributed by atoms with Crippen molar-refractivity contribution in [2.24, 2.45) is 0 Å².